The Balaban J connectivity index is 2.57. The van der Waals surface area contributed by atoms with Crippen molar-refractivity contribution in [2.45, 2.75) is 27.7 Å². The van der Waals surface area contributed by atoms with Gasteiger partial charge in [0.25, 0.3) is 0 Å². The molecule has 0 heterocycles. The Bertz CT molecular complexity index is 460. The minimum Gasteiger partial charge on any atom is -0.302 e. The first kappa shape index (κ1) is 17.1. The van der Waals surface area contributed by atoms with E-state index in [9.17, 15) is 9.13 Å². The Morgan fingerprint density at radius 1 is 1.26 bits per heavy atom. The van der Waals surface area contributed by atoms with Gasteiger partial charge in [0.2, 0.25) is 0 Å². The lowest BCUT2D eigenvalue weighted by Gasteiger charge is -2.12. The van der Waals surface area contributed by atoms with Crippen LogP contribution >= 0.6 is 15.6 Å². The molecule has 0 saturated heterocycles. The van der Waals surface area contributed by atoms with Crippen molar-refractivity contribution in [3.05, 3.63) is 11.6 Å². The average Bonchev–Trinajstić information content (AvgIpc) is 2.59. The highest BCUT2D eigenvalue weighted by Gasteiger charge is 2.56. The van der Waals surface area contributed by atoms with Gasteiger partial charge < -0.3 is 14.7 Å². The molecule has 112 valence electrons. The molecule has 0 aromatic rings. The van der Waals surface area contributed by atoms with E-state index in [1.165, 1.54) is 0 Å². The Morgan fingerprint density at radius 2 is 1.79 bits per heavy atom. The quantitative estimate of drug-likeness (QED) is 0.509. The summed E-state index contributed by atoms with van der Waals surface area (Å²) >= 11 is 0. The summed E-state index contributed by atoms with van der Waals surface area (Å²) in [6.45, 7) is 7.82. The minimum absolute atomic E-state index is 0.0169. The van der Waals surface area contributed by atoms with Gasteiger partial charge in [-0.05, 0) is 31.1 Å². The number of phosphoric acid groups is 2. The first-order valence-corrected chi connectivity index (χ1v) is 8.77. The Labute approximate surface area is 112 Å². The van der Waals surface area contributed by atoms with Gasteiger partial charge >= 0.3 is 15.6 Å². The van der Waals surface area contributed by atoms with Crippen LogP contribution in [0.2, 0.25) is 0 Å². The molecule has 1 aliphatic rings. The molecule has 1 aliphatic carbocycles. The largest absolute Gasteiger partial charge is 0.481 e. The van der Waals surface area contributed by atoms with Crippen molar-refractivity contribution in [1.29, 1.82) is 0 Å². The lowest BCUT2D eigenvalue weighted by atomic mass is 10.1. The van der Waals surface area contributed by atoms with Crippen molar-refractivity contribution in [2.75, 3.05) is 6.61 Å². The molecule has 0 aromatic heterocycles. The zero-order valence-electron chi connectivity index (χ0n) is 11.3. The normalized spacial score (nSPS) is 28.6. The molecular weight excluding hydrogens is 294 g/mol. The Kier molecular flexibility index (Phi) is 4.86. The van der Waals surface area contributed by atoms with Crippen LogP contribution in [0.1, 0.15) is 27.7 Å². The van der Waals surface area contributed by atoms with Gasteiger partial charge in [0.1, 0.15) is 0 Å². The van der Waals surface area contributed by atoms with E-state index < -0.39 is 15.6 Å². The predicted octanol–water partition coefficient (Wildman–Crippen LogP) is 2.45. The summed E-state index contributed by atoms with van der Waals surface area (Å²) in [7, 11) is -9.78. The van der Waals surface area contributed by atoms with Crippen LogP contribution in [0.15, 0.2) is 11.6 Å². The second-order valence-electron chi connectivity index (χ2n) is 5.53. The molecule has 0 bridgehead atoms. The van der Waals surface area contributed by atoms with E-state index in [2.05, 4.69) is 14.9 Å². The van der Waals surface area contributed by atoms with Crippen LogP contribution in [-0.2, 0) is 18.0 Å². The highest BCUT2D eigenvalue weighted by atomic mass is 31.3. The third kappa shape index (κ3) is 5.12. The van der Waals surface area contributed by atoms with E-state index in [1.807, 2.05) is 27.7 Å². The summed E-state index contributed by atoms with van der Waals surface area (Å²) in [6.07, 6.45) is 2.06. The van der Waals surface area contributed by atoms with Gasteiger partial charge in [-0.25, -0.2) is 9.13 Å². The van der Waals surface area contributed by atoms with Crippen molar-refractivity contribution in [1.82, 2.24) is 0 Å². The number of hydrogen-bond donors (Lipinski definition) is 3. The molecule has 19 heavy (non-hydrogen) atoms. The van der Waals surface area contributed by atoms with Crippen molar-refractivity contribution < 1.29 is 32.6 Å². The van der Waals surface area contributed by atoms with Crippen molar-refractivity contribution in [3.63, 3.8) is 0 Å². The molecular formula is C10H20O7P2. The second-order valence-corrected chi connectivity index (χ2v) is 8.36. The first-order chi connectivity index (χ1) is 8.35. The number of phosphoric ester groups is 1. The zero-order valence-corrected chi connectivity index (χ0v) is 13.1. The van der Waals surface area contributed by atoms with Gasteiger partial charge in [0.05, 0.1) is 6.61 Å². The molecule has 0 aromatic carbocycles. The SMILES string of the molecule is CC(C)=C[C@@H]1[C@@H](COP(=O)(O)OP(=O)(O)O)C1(C)C. The van der Waals surface area contributed by atoms with Crippen LogP contribution in [0.25, 0.3) is 0 Å². The van der Waals surface area contributed by atoms with E-state index in [0.717, 1.165) is 5.57 Å². The fraction of sp³-hybridized carbons (Fsp3) is 0.800. The molecule has 1 fully saturated rings. The van der Waals surface area contributed by atoms with Gasteiger partial charge in [-0.2, -0.15) is 4.31 Å². The van der Waals surface area contributed by atoms with Crippen molar-refractivity contribution >= 4 is 15.6 Å². The molecule has 3 N–H and O–H groups in total. The van der Waals surface area contributed by atoms with Crippen LogP contribution in [0.5, 0.6) is 0 Å². The molecule has 9 heteroatoms. The Morgan fingerprint density at radius 3 is 2.21 bits per heavy atom. The van der Waals surface area contributed by atoms with Gasteiger partial charge in [-0.15, -0.1) is 0 Å². The maximum Gasteiger partial charge on any atom is 0.481 e. The number of rotatable bonds is 6. The number of allylic oxidation sites excluding steroid dienone is 2. The van der Waals surface area contributed by atoms with Gasteiger partial charge in [0.15, 0.2) is 0 Å². The molecule has 1 unspecified atom stereocenters. The monoisotopic (exact) mass is 314 g/mol. The summed E-state index contributed by atoms with van der Waals surface area (Å²) in [5, 5.41) is 0. The first-order valence-electron chi connectivity index (χ1n) is 5.74. The van der Waals surface area contributed by atoms with Crippen LogP contribution in [-0.4, -0.2) is 21.3 Å². The summed E-state index contributed by atoms with van der Waals surface area (Å²) in [5.41, 5.74) is 1.07. The minimum atomic E-state index is -5.05. The van der Waals surface area contributed by atoms with E-state index in [0.29, 0.717) is 0 Å². The van der Waals surface area contributed by atoms with E-state index >= 15 is 0 Å². The summed E-state index contributed by atoms with van der Waals surface area (Å²) in [5.74, 6) is 0.232. The third-order valence-electron chi connectivity index (χ3n) is 3.28. The maximum absolute atomic E-state index is 11.3. The lowest BCUT2D eigenvalue weighted by molar-refractivity contribution is 0.167. The molecule has 0 radical (unpaired) electrons. The predicted molar refractivity (Wildman–Crippen MR) is 69.1 cm³/mol. The molecule has 1 saturated carbocycles. The van der Waals surface area contributed by atoms with Crippen LogP contribution < -0.4 is 0 Å². The van der Waals surface area contributed by atoms with Crippen LogP contribution in [0.3, 0.4) is 0 Å². The molecule has 3 atom stereocenters. The van der Waals surface area contributed by atoms with E-state index in [1.54, 1.807) is 0 Å². The summed E-state index contributed by atoms with van der Waals surface area (Å²) < 4.78 is 30.2. The maximum atomic E-state index is 11.3. The van der Waals surface area contributed by atoms with Crippen LogP contribution in [0, 0.1) is 17.3 Å². The van der Waals surface area contributed by atoms with Gasteiger partial charge in [0, 0.05) is 0 Å². The van der Waals surface area contributed by atoms with Crippen molar-refractivity contribution in [2.24, 2.45) is 17.3 Å². The number of hydrogen-bond acceptors (Lipinski definition) is 4. The molecule has 7 nitrogen and oxygen atoms in total. The molecule has 0 aliphatic heterocycles. The fourth-order valence-corrected chi connectivity index (χ4v) is 3.74. The smallest absolute Gasteiger partial charge is 0.302 e. The van der Waals surface area contributed by atoms with E-state index in [4.69, 9.17) is 14.7 Å². The highest BCUT2D eigenvalue weighted by Crippen LogP contribution is 2.63. The van der Waals surface area contributed by atoms with Gasteiger partial charge in [-0.1, -0.05) is 25.5 Å². The van der Waals surface area contributed by atoms with Crippen molar-refractivity contribution in [3.8, 4) is 0 Å². The average molecular weight is 314 g/mol. The standard InChI is InChI=1S/C10H20O7P2/c1-7(2)5-8-9(10(8,3)4)6-16-19(14,15)17-18(11,12)13/h5,8-9H,6H2,1-4H3,(H,14,15)(H2,11,12,13)/t8-,9-/m1/s1. The van der Waals surface area contributed by atoms with Crippen LogP contribution in [0.4, 0.5) is 0 Å². The zero-order chi connectivity index (χ0) is 15.1. The van der Waals surface area contributed by atoms with E-state index in [-0.39, 0.29) is 23.9 Å². The fourth-order valence-electron chi connectivity index (χ4n) is 2.13. The molecule has 1 rings (SSSR count). The summed E-state index contributed by atoms with van der Waals surface area (Å²) in [6, 6.07) is 0. The lowest BCUT2D eigenvalue weighted by Crippen LogP contribution is -2.01. The van der Waals surface area contributed by atoms with Gasteiger partial charge in [-0.3, -0.25) is 4.52 Å². The second kappa shape index (κ2) is 5.41. The Hall–Kier alpha value is -0.0000000000000000416. The molecule has 0 amide bonds. The summed E-state index contributed by atoms with van der Waals surface area (Å²) in [4.78, 5) is 26.1. The highest BCUT2D eigenvalue weighted by molar-refractivity contribution is 7.60. The topological polar surface area (TPSA) is 113 Å². The molecule has 0 spiro atoms. The third-order valence-corrected chi connectivity index (χ3v) is 5.43.